The molecule has 0 N–H and O–H groups in total. The summed E-state index contributed by atoms with van der Waals surface area (Å²) in [5.74, 6) is 0. The van der Waals surface area contributed by atoms with Crippen LogP contribution in [0.2, 0.25) is 0 Å². The number of hydrogen-bond acceptors (Lipinski definition) is 7. The van der Waals surface area contributed by atoms with Crippen LogP contribution in [0.1, 0.15) is 11.1 Å². The Labute approximate surface area is 184 Å². The second-order valence-electron chi connectivity index (χ2n) is 7.35. The average Bonchev–Trinajstić information content (AvgIpc) is 3.11. The van der Waals surface area contributed by atoms with Gasteiger partial charge in [0.05, 0.1) is 37.8 Å². The van der Waals surface area contributed by atoms with Crippen LogP contribution in [-0.2, 0) is 0 Å². The molecule has 160 valence electrons. The summed E-state index contributed by atoms with van der Waals surface area (Å²) in [6.45, 7) is 0. The molecule has 0 spiro atoms. The van der Waals surface area contributed by atoms with Gasteiger partial charge < -0.3 is 0 Å². The van der Waals surface area contributed by atoms with Gasteiger partial charge in [0.15, 0.2) is 0 Å². The Morgan fingerprint density at radius 3 is 2.06 bits per heavy atom. The molecule has 4 aromatic rings. The van der Waals surface area contributed by atoms with Crippen LogP contribution < -0.4 is 0 Å². The predicted octanol–water partition coefficient (Wildman–Crippen LogP) is 5.71. The van der Waals surface area contributed by atoms with E-state index in [1.54, 1.807) is 12.1 Å². The highest BCUT2D eigenvalue weighted by molar-refractivity contribution is 6.27. The van der Waals surface area contributed by atoms with Crippen molar-refractivity contribution >= 4 is 39.2 Å². The largest absolute Gasteiger partial charge is 0.284 e. The molecule has 0 unspecified atom stereocenters. The van der Waals surface area contributed by atoms with Crippen molar-refractivity contribution < 1.29 is 14.8 Å². The first kappa shape index (κ1) is 19.9. The normalized spacial score (nSPS) is 13.0. The summed E-state index contributed by atoms with van der Waals surface area (Å²) < 4.78 is 0. The smallest absolute Gasteiger partial charge is 0.258 e. The summed E-state index contributed by atoms with van der Waals surface area (Å²) in [6.07, 6.45) is 0. The summed E-state index contributed by atoms with van der Waals surface area (Å²) in [4.78, 5) is 37.4. The van der Waals surface area contributed by atoms with Crippen molar-refractivity contribution in [1.29, 1.82) is 0 Å². The lowest BCUT2D eigenvalue weighted by atomic mass is 10.0. The number of nitro benzene ring substituents is 3. The third-order valence-electron chi connectivity index (χ3n) is 5.50. The van der Waals surface area contributed by atoms with Crippen LogP contribution in [0.15, 0.2) is 77.8 Å². The van der Waals surface area contributed by atoms with Gasteiger partial charge in [0.25, 0.3) is 17.1 Å². The minimum Gasteiger partial charge on any atom is -0.258 e. The lowest BCUT2D eigenvalue weighted by molar-refractivity contribution is -0.393. The predicted molar refractivity (Wildman–Crippen MR) is 121 cm³/mol. The molecule has 0 fully saturated rings. The molecule has 0 atom stereocenters. The van der Waals surface area contributed by atoms with E-state index in [9.17, 15) is 30.3 Å². The van der Waals surface area contributed by atoms with E-state index in [4.69, 9.17) is 4.99 Å². The van der Waals surface area contributed by atoms with Crippen molar-refractivity contribution in [3.8, 4) is 11.1 Å². The fourth-order valence-electron chi connectivity index (χ4n) is 4.08. The number of nitro groups is 3. The monoisotopic (exact) mass is 440 g/mol. The molecular formula is C23H12N4O6. The lowest BCUT2D eigenvalue weighted by Crippen LogP contribution is -2.01. The molecule has 1 aliphatic carbocycles. The van der Waals surface area contributed by atoms with Gasteiger partial charge in [0.2, 0.25) is 0 Å². The Kier molecular flexibility index (Phi) is 4.42. The summed E-state index contributed by atoms with van der Waals surface area (Å²) in [5, 5.41) is 36.4. The van der Waals surface area contributed by atoms with E-state index in [-0.39, 0.29) is 22.5 Å². The Hall–Kier alpha value is -4.99. The fraction of sp³-hybridized carbons (Fsp3) is 0. The van der Waals surface area contributed by atoms with Crippen molar-refractivity contribution in [2.45, 2.75) is 0 Å². The van der Waals surface area contributed by atoms with Crippen LogP contribution in [0, 0.1) is 30.3 Å². The number of nitrogens with zero attached hydrogens (tertiary/aromatic N) is 4. The molecule has 1 aliphatic rings. The average molecular weight is 440 g/mol. The van der Waals surface area contributed by atoms with E-state index in [1.165, 1.54) is 24.3 Å². The molecule has 5 rings (SSSR count). The maximum atomic E-state index is 11.8. The Morgan fingerprint density at radius 2 is 1.33 bits per heavy atom. The molecule has 33 heavy (non-hydrogen) atoms. The molecule has 10 heteroatoms. The molecule has 0 aromatic heterocycles. The molecular weight excluding hydrogens is 428 g/mol. The van der Waals surface area contributed by atoms with Crippen LogP contribution in [0.4, 0.5) is 22.7 Å². The Balaban J connectivity index is 1.88. The molecule has 0 amide bonds. The highest BCUT2D eigenvalue weighted by Gasteiger charge is 2.36. The number of fused-ring (bicyclic) bond motifs is 4. The van der Waals surface area contributed by atoms with Crippen molar-refractivity contribution in [2.24, 2.45) is 4.99 Å². The first-order valence-electron chi connectivity index (χ1n) is 9.68. The molecule has 0 heterocycles. The van der Waals surface area contributed by atoms with Gasteiger partial charge in [-0.05, 0) is 23.1 Å². The van der Waals surface area contributed by atoms with Gasteiger partial charge in [-0.15, -0.1) is 0 Å². The van der Waals surface area contributed by atoms with Gasteiger partial charge in [-0.3, -0.25) is 30.3 Å². The third kappa shape index (κ3) is 3.17. The second kappa shape index (κ2) is 7.31. The van der Waals surface area contributed by atoms with Crippen LogP contribution in [0.5, 0.6) is 0 Å². The fourth-order valence-corrected chi connectivity index (χ4v) is 4.08. The minimum absolute atomic E-state index is 0.148. The first-order chi connectivity index (χ1) is 15.8. The molecule has 0 saturated carbocycles. The second-order valence-corrected chi connectivity index (χ2v) is 7.35. The van der Waals surface area contributed by atoms with Crippen LogP contribution in [-0.4, -0.2) is 20.5 Å². The quantitative estimate of drug-likeness (QED) is 0.259. The molecule has 0 saturated heterocycles. The van der Waals surface area contributed by atoms with Crippen molar-refractivity contribution in [2.75, 3.05) is 0 Å². The van der Waals surface area contributed by atoms with Crippen LogP contribution in [0.25, 0.3) is 21.9 Å². The number of aliphatic imine (C=N–C) groups is 1. The van der Waals surface area contributed by atoms with Gasteiger partial charge in [-0.25, -0.2) is 4.99 Å². The van der Waals surface area contributed by atoms with Gasteiger partial charge in [0.1, 0.15) is 0 Å². The van der Waals surface area contributed by atoms with Crippen LogP contribution in [0.3, 0.4) is 0 Å². The highest BCUT2D eigenvalue weighted by Crippen LogP contribution is 2.46. The number of non-ortho nitro benzene ring substituents is 2. The number of hydrogen-bond donors (Lipinski definition) is 0. The zero-order chi connectivity index (χ0) is 23.3. The van der Waals surface area contributed by atoms with Gasteiger partial charge in [-0.2, -0.15) is 0 Å². The third-order valence-corrected chi connectivity index (χ3v) is 5.50. The van der Waals surface area contributed by atoms with Crippen molar-refractivity contribution in [3.05, 3.63) is 114 Å². The molecule has 0 radical (unpaired) electrons. The summed E-state index contributed by atoms with van der Waals surface area (Å²) in [6, 6.07) is 19.0. The maximum absolute atomic E-state index is 11.8. The summed E-state index contributed by atoms with van der Waals surface area (Å²) >= 11 is 0. The van der Waals surface area contributed by atoms with Crippen molar-refractivity contribution in [3.63, 3.8) is 0 Å². The topological polar surface area (TPSA) is 142 Å². The summed E-state index contributed by atoms with van der Waals surface area (Å²) in [5.41, 5.74) is 0.574. The van der Waals surface area contributed by atoms with E-state index in [2.05, 4.69) is 0 Å². The highest BCUT2D eigenvalue weighted by atomic mass is 16.6. The lowest BCUT2D eigenvalue weighted by Gasteiger charge is -2.06. The van der Waals surface area contributed by atoms with E-state index in [0.29, 0.717) is 16.8 Å². The van der Waals surface area contributed by atoms with E-state index >= 15 is 0 Å². The van der Waals surface area contributed by atoms with Gasteiger partial charge in [0, 0.05) is 34.7 Å². The molecule has 0 aliphatic heterocycles. The van der Waals surface area contributed by atoms with Gasteiger partial charge in [-0.1, -0.05) is 36.4 Å². The maximum Gasteiger partial charge on any atom is 0.284 e. The van der Waals surface area contributed by atoms with E-state index < -0.39 is 26.1 Å². The Bertz CT molecular complexity index is 1560. The van der Waals surface area contributed by atoms with Crippen molar-refractivity contribution in [1.82, 2.24) is 0 Å². The number of benzene rings is 4. The zero-order valence-electron chi connectivity index (χ0n) is 16.7. The summed E-state index contributed by atoms with van der Waals surface area (Å²) in [7, 11) is 0. The molecule has 4 aromatic carbocycles. The first-order valence-corrected chi connectivity index (χ1v) is 9.68. The molecule has 0 bridgehead atoms. The van der Waals surface area contributed by atoms with E-state index in [1.807, 2.05) is 30.3 Å². The van der Waals surface area contributed by atoms with Gasteiger partial charge >= 0.3 is 0 Å². The molecule has 10 nitrogen and oxygen atoms in total. The minimum atomic E-state index is -0.714. The Morgan fingerprint density at radius 1 is 0.636 bits per heavy atom. The number of rotatable bonds is 4. The van der Waals surface area contributed by atoms with E-state index in [0.717, 1.165) is 16.8 Å². The standard InChI is InChI=1S/C23H12N4O6/c28-25(29)14-8-9-17-18(10-14)23(24-20-7-3-5-13-4-1-2-6-16(13)20)19-11-15(26(30)31)12-21(22(17)19)27(32)33/h1-12H. The zero-order valence-corrected chi connectivity index (χ0v) is 16.7. The van der Waals surface area contributed by atoms with Crippen LogP contribution >= 0.6 is 0 Å². The SMILES string of the molecule is O=[N+]([O-])c1ccc2c(c1)C(=Nc1cccc3ccccc13)c1cc([N+](=O)[O-])cc([N+](=O)[O-])c1-2.